The largest absolute Gasteiger partial charge is 0.457 e. The van der Waals surface area contributed by atoms with Crippen LogP contribution >= 0.6 is 0 Å². The molecule has 0 N–H and O–H groups in total. The van der Waals surface area contributed by atoms with Crippen molar-refractivity contribution in [2.75, 3.05) is 0 Å². The van der Waals surface area contributed by atoms with Crippen LogP contribution in [0.1, 0.15) is 27.2 Å². The number of esters is 1. The smallest absolute Gasteiger partial charge is 0.333 e. The molecule has 0 aliphatic rings. The van der Waals surface area contributed by atoms with Gasteiger partial charge in [-0.15, -0.1) is 0 Å². The number of rotatable bonds is 5. The molecule has 0 bridgehead atoms. The highest BCUT2D eigenvalue weighted by Crippen LogP contribution is 2.09. The highest BCUT2D eigenvalue weighted by molar-refractivity contribution is 5.87. The lowest BCUT2D eigenvalue weighted by Crippen LogP contribution is -2.26. The second kappa shape index (κ2) is 6.11. The van der Waals surface area contributed by atoms with Gasteiger partial charge in [0.25, 0.3) is 0 Å². The first-order valence-corrected chi connectivity index (χ1v) is 4.46. The molecule has 0 aromatic rings. The summed E-state index contributed by atoms with van der Waals surface area (Å²) in [4.78, 5) is 24.7. The molecule has 0 radical (unpaired) electrons. The summed E-state index contributed by atoms with van der Waals surface area (Å²) in [5.74, 6) is -0.461. The zero-order valence-corrected chi connectivity index (χ0v) is 8.74. The Morgan fingerprint density at radius 3 is 2.57 bits per heavy atom. The first-order valence-electron chi connectivity index (χ1n) is 4.46. The molecule has 78 valence electrons. The van der Waals surface area contributed by atoms with Crippen LogP contribution in [0.15, 0.2) is 17.1 Å². The molecule has 0 aromatic carbocycles. The number of hydrogen-bond acceptors (Lipinski definition) is 4. The number of hydrogen-bond donors (Lipinski definition) is 0. The topological polar surface area (TPSA) is 55.7 Å². The third kappa shape index (κ3) is 4.01. The Morgan fingerprint density at radius 1 is 1.64 bits per heavy atom. The van der Waals surface area contributed by atoms with E-state index in [-0.39, 0.29) is 6.04 Å². The first-order chi connectivity index (χ1) is 6.52. The summed E-state index contributed by atoms with van der Waals surface area (Å²) in [6, 6.07) is -0.323. The summed E-state index contributed by atoms with van der Waals surface area (Å²) in [7, 11) is 0. The van der Waals surface area contributed by atoms with Crippen molar-refractivity contribution in [2.45, 2.75) is 39.3 Å². The third-order valence-electron chi connectivity index (χ3n) is 1.82. The predicted molar refractivity (Wildman–Crippen MR) is 52.6 cm³/mol. The van der Waals surface area contributed by atoms with Gasteiger partial charge in [-0.3, -0.25) is 0 Å². The Kier molecular flexibility index (Phi) is 5.49. The van der Waals surface area contributed by atoms with E-state index in [9.17, 15) is 9.59 Å². The van der Waals surface area contributed by atoms with E-state index < -0.39 is 12.1 Å². The van der Waals surface area contributed by atoms with Gasteiger partial charge in [0.2, 0.25) is 6.08 Å². The van der Waals surface area contributed by atoms with Crippen molar-refractivity contribution in [3.05, 3.63) is 12.2 Å². The van der Waals surface area contributed by atoms with E-state index in [0.29, 0.717) is 12.0 Å². The summed E-state index contributed by atoms with van der Waals surface area (Å²) >= 11 is 0. The summed E-state index contributed by atoms with van der Waals surface area (Å²) in [5.41, 5.74) is 0.335. The fourth-order valence-electron chi connectivity index (χ4n) is 0.944. The number of carbonyl (C=O) groups excluding carboxylic acids is 2. The zero-order chi connectivity index (χ0) is 11.1. The monoisotopic (exact) mass is 197 g/mol. The van der Waals surface area contributed by atoms with Crippen LogP contribution in [0.25, 0.3) is 0 Å². The Morgan fingerprint density at radius 2 is 2.21 bits per heavy atom. The lowest BCUT2D eigenvalue weighted by atomic mass is 10.1. The average molecular weight is 197 g/mol. The van der Waals surface area contributed by atoms with E-state index in [1.165, 1.54) is 6.08 Å². The third-order valence-corrected chi connectivity index (χ3v) is 1.82. The molecule has 14 heavy (non-hydrogen) atoms. The molecule has 0 aliphatic heterocycles. The molecule has 0 heterocycles. The fraction of sp³-hybridized carbons (Fsp3) is 0.600. The van der Waals surface area contributed by atoms with Gasteiger partial charge in [-0.25, -0.2) is 9.59 Å². The van der Waals surface area contributed by atoms with Crippen molar-refractivity contribution in [3.8, 4) is 0 Å². The molecule has 0 rings (SSSR count). The minimum Gasteiger partial charge on any atom is -0.457 e. The second-order valence-corrected chi connectivity index (χ2v) is 3.09. The van der Waals surface area contributed by atoms with E-state index in [1.807, 2.05) is 6.92 Å². The van der Waals surface area contributed by atoms with Gasteiger partial charge in [0.05, 0.1) is 6.04 Å². The van der Waals surface area contributed by atoms with Crippen LogP contribution in [0, 0.1) is 0 Å². The second-order valence-electron chi connectivity index (χ2n) is 3.09. The van der Waals surface area contributed by atoms with E-state index in [0.717, 1.165) is 0 Å². The van der Waals surface area contributed by atoms with Crippen molar-refractivity contribution in [1.29, 1.82) is 0 Å². The van der Waals surface area contributed by atoms with E-state index in [2.05, 4.69) is 11.6 Å². The standard InChI is InChI=1S/C10H15NO3/c1-5-9(11-6-12)8(4)14-10(13)7(2)3/h8-9H,2,5H2,1,3-4H3. The highest BCUT2D eigenvalue weighted by atomic mass is 16.5. The van der Waals surface area contributed by atoms with Gasteiger partial charge in [0.15, 0.2) is 0 Å². The average Bonchev–Trinajstić information content (AvgIpc) is 2.13. The molecule has 2 unspecified atom stereocenters. The minimum atomic E-state index is -0.461. The molecule has 0 saturated heterocycles. The highest BCUT2D eigenvalue weighted by Gasteiger charge is 2.18. The van der Waals surface area contributed by atoms with Gasteiger partial charge in [-0.2, -0.15) is 4.99 Å². The van der Waals surface area contributed by atoms with Crippen molar-refractivity contribution in [3.63, 3.8) is 0 Å². The molecular weight excluding hydrogens is 182 g/mol. The quantitative estimate of drug-likeness (QED) is 0.291. The van der Waals surface area contributed by atoms with E-state index in [1.54, 1.807) is 13.8 Å². The van der Waals surface area contributed by atoms with Crippen molar-refractivity contribution < 1.29 is 14.3 Å². The maximum absolute atomic E-state index is 11.1. The van der Waals surface area contributed by atoms with Crippen LogP contribution < -0.4 is 0 Å². The van der Waals surface area contributed by atoms with Gasteiger partial charge in [0.1, 0.15) is 6.10 Å². The maximum atomic E-state index is 11.1. The molecule has 0 fully saturated rings. The van der Waals surface area contributed by atoms with E-state index >= 15 is 0 Å². The van der Waals surface area contributed by atoms with Crippen LogP contribution in [-0.4, -0.2) is 24.2 Å². The zero-order valence-electron chi connectivity index (χ0n) is 8.74. The van der Waals surface area contributed by atoms with Gasteiger partial charge in [-0.05, 0) is 20.3 Å². The Balaban J connectivity index is 4.30. The van der Waals surface area contributed by atoms with Crippen molar-refractivity contribution in [1.82, 2.24) is 0 Å². The normalized spacial score (nSPS) is 13.6. The SMILES string of the molecule is C=C(C)C(=O)OC(C)C(CC)N=C=O. The summed E-state index contributed by atoms with van der Waals surface area (Å²) in [6.45, 7) is 8.57. The minimum absolute atomic E-state index is 0.323. The van der Waals surface area contributed by atoms with Crippen LogP contribution in [-0.2, 0) is 14.3 Å². The first kappa shape index (κ1) is 12.6. The molecule has 4 heteroatoms. The summed E-state index contributed by atoms with van der Waals surface area (Å²) < 4.78 is 5.01. The number of nitrogens with zero attached hydrogens (tertiary/aromatic N) is 1. The van der Waals surface area contributed by atoms with Crippen LogP contribution in [0.4, 0.5) is 0 Å². The lowest BCUT2D eigenvalue weighted by Gasteiger charge is -2.17. The number of isocyanates is 1. The van der Waals surface area contributed by atoms with Crippen molar-refractivity contribution in [2.24, 2.45) is 4.99 Å². The van der Waals surface area contributed by atoms with Crippen molar-refractivity contribution >= 4 is 12.0 Å². The van der Waals surface area contributed by atoms with Crippen LogP contribution in [0.2, 0.25) is 0 Å². The van der Waals surface area contributed by atoms with Gasteiger partial charge < -0.3 is 4.74 Å². The number of carbonyl (C=O) groups is 1. The van der Waals surface area contributed by atoms with Crippen LogP contribution in [0.3, 0.4) is 0 Å². The number of ether oxygens (including phenoxy) is 1. The Labute approximate surface area is 83.7 Å². The summed E-state index contributed by atoms with van der Waals surface area (Å²) in [5, 5.41) is 0. The molecule has 0 saturated carbocycles. The molecule has 0 amide bonds. The van der Waals surface area contributed by atoms with E-state index in [4.69, 9.17) is 4.74 Å². The van der Waals surface area contributed by atoms with Gasteiger partial charge >= 0.3 is 5.97 Å². The molecule has 2 atom stereocenters. The maximum Gasteiger partial charge on any atom is 0.333 e. The Bertz CT molecular complexity index is 267. The summed E-state index contributed by atoms with van der Waals surface area (Å²) in [6.07, 6.45) is 1.66. The predicted octanol–water partition coefficient (Wildman–Crippen LogP) is 1.61. The molecule has 0 aliphatic carbocycles. The molecule has 0 aromatic heterocycles. The van der Waals surface area contributed by atoms with Gasteiger partial charge in [-0.1, -0.05) is 13.5 Å². The Hall–Kier alpha value is -1.41. The fourth-order valence-corrected chi connectivity index (χ4v) is 0.944. The molecular formula is C10H15NO3. The number of aliphatic imine (C=N–C) groups is 1. The lowest BCUT2D eigenvalue weighted by molar-refractivity contribution is -0.144. The van der Waals surface area contributed by atoms with Crippen LogP contribution in [0.5, 0.6) is 0 Å². The van der Waals surface area contributed by atoms with Gasteiger partial charge in [0, 0.05) is 5.57 Å². The molecule has 4 nitrogen and oxygen atoms in total. The molecule has 0 spiro atoms.